The second-order valence-electron chi connectivity index (χ2n) is 15.4. The van der Waals surface area contributed by atoms with Crippen molar-refractivity contribution in [1.82, 2.24) is 10.3 Å². The van der Waals surface area contributed by atoms with Gasteiger partial charge in [0.15, 0.2) is 17.6 Å². The maximum Gasteiger partial charge on any atom is 0.197 e. The molecule has 2 aromatic carbocycles. The van der Waals surface area contributed by atoms with E-state index in [0.29, 0.717) is 17.6 Å². The molecule has 5 aliphatic heterocycles. The molecular formula is C45H47N9O2. The van der Waals surface area contributed by atoms with Crippen molar-refractivity contribution in [2.45, 2.75) is 58.4 Å². The highest BCUT2D eigenvalue weighted by Gasteiger charge is 2.38. The lowest BCUT2D eigenvalue weighted by Crippen LogP contribution is -2.43. The molecule has 10 rings (SSSR count). The van der Waals surface area contributed by atoms with Gasteiger partial charge in [0.1, 0.15) is 29.1 Å². The third-order valence-electron chi connectivity index (χ3n) is 11.5. The zero-order chi connectivity index (χ0) is 37.6. The topological polar surface area (TPSA) is 122 Å². The van der Waals surface area contributed by atoms with Gasteiger partial charge in [-0.1, -0.05) is 12.1 Å². The highest BCUT2D eigenvalue weighted by Crippen LogP contribution is 2.42. The minimum Gasteiger partial charge on any atom is -0.446 e. The average molecular weight is 746 g/mol. The van der Waals surface area contributed by atoms with Crippen LogP contribution in [0.25, 0.3) is 5.70 Å². The van der Waals surface area contributed by atoms with Gasteiger partial charge in [-0.2, -0.15) is 0 Å². The molecule has 5 aromatic rings. The van der Waals surface area contributed by atoms with Crippen molar-refractivity contribution in [3.63, 3.8) is 0 Å². The summed E-state index contributed by atoms with van der Waals surface area (Å²) in [5.74, 6) is 5.08. The summed E-state index contributed by atoms with van der Waals surface area (Å²) >= 11 is 0. The molecule has 0 bridgehead atoms. The molecule has 11 nitrogen and oxygen atoms in total. The molecule has 3 aromatic heterocycles. The first-order valence-corrected chi connectivity index (χ1v) is 20.0. The first kappa shape index (κ1) is 34.3. The van der Waals surface area contributed by atoms with E-state index in [9.17, 15) is 0 Å². The van der Waals surface area contributed by atoms with Gasteiger partial charge in [0, 0.05) is 90.2 Å². The van der Waals surface area contributed by atoms with Crippen LogP contribution in [0.2, 0.25) is 0 Å². The summed E-state index contributed by atoms with van der Waals surface area (Å²) < 4.78 is 12.1. The van der Waals surface area contributed by atoms with Gasteiger partial charge in [-0.25, -0.2) is 9.98 Å². The lowest BCUT2D eigenvalue weighted by Gasteiger charge is -2.35. The van der Waals surface area contributed by atoms with Gasteiger partial charge in [0.25, 0.3) is 0 Å². The predicted octanol–water partition coefficient (Wildman–Crippen LogP) is 9.78. The molecule has 284 valence electrons. The second kappa shape index (κ2) is 14.4. The second-order valence-corrected chi connectivity index (χ2v) is 15.4. The number of anilines is 6. The summed E-state index contributed by atoms with van der Waals surface area (Å²) in [6.07, 6.45) is 15.8. The number of furan rings is 2. The first-order valence-electron chi connectivity index (χ1n) is 20.0. The molecule has 0 amide bonds. The molecule has 5 aliphatic rings. The third kappa shape index (κ3) is 6.71. The largest absolute Gasteiger partial charge is 0.446 e. The predicted molar refractivity (Wildman–Crippen MR) is 226 cm³/mol. The van der Waals surface area contributed by atoms with E-state index >= 15 is 0 Å². The number of aromatic nitrogens is 1. The Morgan fingerprint density at radius 2 is 1.38 bits per heavy atom. The fourth-order valence-corrected chi connectivity index (χ4v) is 8.58. The number of aromatic amines is 1. The molecule has 11 heteroatoms. The molecule has 2 unspecified atom stereocenters. The van der Waals surface area contributed by atoms with Crippen LogP contribution in [0.1, 0.15) is 72.8 Å². The van der Waals surface area contributed by atoms with Crippen LogP contribution >= 0.6 is 0 Å². The number of benzene rings is 2. The number of rotatable bonds is 9. The van der Waals surface area contributed by atoms with Gasteiger partial charge < -0.3 is 39.6 Å². The van der Waals surface area contributed by atoms with Crippen LogP contribution in [0.15, 0.2) is 121 Å². The van der Waals surface area contributed by atoms with E-state index in [1.54, 1.807) is 0 Å². The Morgan fingerprint density at radius 1 is 0.714 bits per heavy atom. The molecule has 2 fully saturated rings. The van der Waals surface area contributed by atoms with E-state index in [1.807, 2.05) is 56.6 Å². The number of piperidine rings is 2. The molecule has 56 heavy (non-hydrogen) atoms. The van der Waals surface area contributed by atoms with Gasteiger partial charge in [0.2, 0.25) is 0 Å². The van der Waals surface area contributed by atoms with Crippen LogP contribution in [-0.4, -0.2) is 48.7 Å². The van der Waals surface area contributed by atoms with Gasteiger partial charge in [0.05, 0.1) is 11.7 Å². The lowest BCUT2D eigenvalue weighted by molar-refractivity contribution is 0.550. The smallest absolute Gasteiger partial charge is 0.197 e. The highest BCUT2D eigenvalue weighted by molar-refractivity contribution is 6.25. The number of aryl methyl sites for hydroxylation is 2. The quantitative estimate of drug-likeness (QED) is 0.119. The summed E-state index contributed by atoms with van der Waals surface area (Å²) in [5.41, 5.74) is 9.38. The molecule has 4 N–H and O–H groups in total. The number of aliphatic imine (C=N–C) groups is 3. The summed E-state index contributed by atoms with van der Waals surface area (Å²) in [4.78, 5) is 23.8. The number of hydrogen-bond acceptors (Lipinski definition) is 10. The van der Waals surface area contributed by atoms with Crippen molar-refractivity contribution >= 4 is 57.7 Å². The highest BCUT2D eigenvalue weighted by atomic mass is 16.4. The Hall–Kier alpha value is -6.23. The van der Waals surface area contributed by atoms with E-state index in [2.05, 4.69) is 79.3 Å². The zero-order valence-corrected chi connectivity index (χ0v) is 31.9. The monoisotopic (exact) mass is 745 g/mol. The minimum absolute atomic E-state index is 0.216. The van der Waals surface area contributed by atoms with Crippen molar-refractivity contribution in [3.8, 4) is 0 Å². The van der Waals surface area contributed by atoms with Crippen molar-refractivity contribution in [2.24, 2.45) is 20.9 Å². The van der Waals surface area contributed by atoms with Gasteiger partial charge >= 0.3 is 0 Å². The molecular weight excluding hydrogens is 699 g/mol. The van der Waals surface area contributed by atoms with Crippen LogP contribution < -0.4 is 25.8 Å². The molecule has 8 heterocycles. The van der Waals surface area contributed by atoms with Crippen molar-refractivity contribution in [2.75, 3.05) is 46.6 Å². The number of nitrogens with zero attached hydrogens (tertiary/aromatic N) is 5. The number of amidine groups is 3. The van der Waals surface area contributed by atoms with Crippen LogP contribution in [0.4, 0.5) is 34.5 Å². The van der Waals surface area contributed by atoms with Crippen LogP contribution in [-0.2, 0) is 0 Å². The fraction of sp³-hybridized carbons (Fsp3) is 0.311. The first-order chi connectivity index (χ1) is 27.5. The summed E-state index contributed by atoms with van der Waals surface area (Å²) in [6.45, 7) is 8.18. The van der Waals surface area contributed by atoms with Crippen LogP contribution in [0, 0.1) is 19.8 Å². The standard InChI is InChI=1S/C45H47N9O2/c1-28-9-15-40(55-28)47-38-25-32(53-19-5-3-6-20-53)11-13-34(38)36-23-31-24-37(50-45-42(31)44(49-36)51-43(52-45)30-17-18-46-27-30)35-14-12-33(54-21-7-4-8-22-54)26-39(35)48-41-16-10-29(2)56-41/h9-18,23-27,36,42,46-48H,3-8,19-22H2,1-2H3,(H,49,50,51,52). The van der Waals surface area contributed by atoms with Crippen LogP contribution in [0.5, 0.6) is 0 Å². The molecule has 0 radical (unpaired) electrons. The fourth-order valence-electron chi connectivity index (χ4n) is 8.58. The zero-order valence-electron chi connectivity index (χ0n) is 31.9. The molecule has 2 atom stereocenters. The van der Waals surface area contributed by atoms with Crippen molar-refractivity contribution in [3.05, 3.63) is 125 Å². The van der Waals surface area contributed by atoms with Gasteiger partial charge in [-0.05, 0) is 113 Å². The summed E-state index contributed by atoms with van der Waals surface area (Å²) in [7, 11) is 0. The van der Waals surface area contributed by atoms with Gasteiger partial charge in [-0.3, -0.25) is 4.99 Å². The summed E-state index contributed by atoms with van der Waals surface area (Å²) in [6, 6.07) is 23.1. The van der Waals surface area contributed by atoms with E-state index in [0.717, 1.165) is 88.7 Å². The lowest BCUT2D eigenvalue weighted by atomic mass is 9.84. The molecule has 2 saturated heterocycles. The normalized spacial score (nSPS) is 20.6. The Balaban J connectivity index is 1.09. The van der Waals surface area contributed by atoms with Crippen molar-refractivity contribution < 1.29 is 8.83 Å². The third-order valence-corrected chi connectivity index (χ3v) is 11.5. The number of nitrogens with one attached hydrogen (secondary N) is 4. The Bertz CT molecular complexity index is 2420. The molecule has 0 saturated carbocycles. The Kier molecular flexibility index (Phi) is 8.84. The van der Waals surface area contributed by atoms with Crippen LogP contribution in [0.3, 0.4) is 0 Å². The molecule has 0 spiro atoms. The number of dihydropyridines is 1. The number of hydrogen-bond donors (Lipinski definition) is 4. The van der Waals surface area contributed by atoms with Gasteiger partial charge in [-0.15, -0.1) is 0 Å². The van der Waals surface area contributed by atoms with E-state index < -0.39 is 0 Å². The minimum atomic E-state index is -0.304. The maximum atomic E-state index is 6.04. The van der Waals surface area contributed by atoms with E-state index in [-0.39, 0.29) is 12.0 Å². The Labute approximate surface area is 327 Å². The number of H-pyrrole nitrogens is 1. The molecule has 0 aliphatic carbocycles. The maximum absolute atomic E-state index is 6.04. The van der Waals surface area contributed by atoms with Crippen molar-refractivity contribution in [1.29, 1.82) is 0 Å². The van der Waals surface area contributed by atoms with E-state index in [1.165, 1.54) is 49.9 Å². The SMILES string of the molecule is Cc1ccc(Nc2cc(N3CCCCC3)ccc2C2=CC3=CC(c4ccc(N5CCCCC5)cc4Nc4ccc(C)o4)N=C4N=C(c5cc[nH]c5)N=C(N2)C34)o1. The van der Waals surface area contributed by atoms with E-state index in [4.69, 9.17) is 23.8 Å². The number of allylic oxidation sites excluding steroid dienone is 1. The average Bonchev–Trinajstić information content (AvgIpc) is 4.01. The summed E-state index contributed by atoms with van der Waals surface area (Å²) in [5, 5.41) is 11.0. The Morgan fingerprint density at radius 3 is 2.02 bits per heavy atom.